The second-order valence-electron chi connectivity index (χ2n) is 5.14. The van der Waals surface area contributed by atoms with Crippen LogP contribution in [-0.2, 0) is 21.2 Å². The topological polar surface area (TPSA) is 113 Å². The molecule has 7 nitrogen and oxygen atoms in total. The summed E-state index contributed by atoms with van der Waals surface area (Å²) >= 11 is 0. The van der Waals surface area contributed by atoms with Crippen LogP contribution >= 0.6 is 0 Å². The van der Waals surface area contributed by atoms with E-state index in [4.69, 9.17) is 5.11 Å². The molecule has 2 aromatic carbocycles. The first-order valence-corrected chi connectivity index (χ1v) is 8.46. The van der Waals surface area contributed by atoms with Crippen molar-refractivity contribution in [1.82, 2.24) is 4.72 Å². The van der Waals surface area contributed by atoms with E-state index in [1.54, 1.807) is 12.1 Å². The quantitative estimate of drug-likeness (QED) is 0.766. The van der Waals surface area contributed by atoms with Crippen LogP contribution in [0.25, 0.3) is 0 Å². The molecule has 0 heterocycles. The van der Waals surface area contributed by atoms with Crippen molar-refractivity contribution < 1.29 is 23.1 Å². The highest BCUT2D eigenvalue weighted by molar-refractivity contribution is 7.90. The maximum absolute atomic E-state index is 12.1. The number of rotatable bonds is 5. The van der Waals surface area contributed by atoms with E-state index in [1.165, 1.54) is 36.4 Å². The number of carboxylic acid groups (broad SMARTS) is 1. The van der Waals surface area contributed by atoms with Crippen molar-refractivity contribution in [2.45, 2.75) is 18.2 Å². The number of urea groups is 1. The first-order chi connectivity index (χ1) is 11.3. The van der Waals surface area contributed by atoms with Crippen molar-refractivity contribution in [3.05, 3.63) is 59.7 Å². The van der Waals surface area contributed by atoms with Gasteiger partial charge in [-0.05, 0) is 36.8 Å². The molecule has 126 valence electrons. The summed E-state index contributed by atoms with van der Waals surface area (Å²) < 4.78 is 26.1. The first-order valence-electron chi connectivity index (χ1n) is 6.97. The van der Waals surface area contributed by atoms with E-state index >= 15 is 0 Å². The standard InChI is InChI=1S/C16H16N2O5S/c1-11-2-8-14(9-3-11)24(22,23)18-16(21)17-13-6-4-12(5-7-13)10-15(19)20/h2-9H,10H2,1H3,(H,19,20)(H2,17,18,21). The molecule has 0 saturated carbocycles. The minimum absolute atomic E-state index is 0.0138. The van der Waals surface area contributed by atoms with Gasteiger partial charge in [0.05, 0.1) is 11.3 Å². The summed E-state index contributed by atoms with van der Waals surface area (Å²) in [5.74, 6) is -0.961. The molecule has 0 aliphatic carbocycles. The number of aryl methyl sites for hydroxylation is 1. The molecular weight excluding hydrogens is 332 g/mol. The van der Waals surface area contributed by atoms with E-state index in [0.29, 0.717) is 11.3 Å². The molecule has 0 aliphatic rings. The highest BCUT2D eigenvalue weighted by Crippen LogP contribution is 2.12. The second kappa shape index (κ2) is 7.14. The number of sulfonamides is 1. The van der Waals surface area contributed by atoms with Crippen LogP contribution in [-0.4, -0.2) is 25.5 Å². The summed E-state index contributed by atoms with van der Waals surface area (Å²) in [4.78, 5) is 22.4. The van der Waals surface area contributed by atoms with Gasteiger partial charge in [0.2, 0.25) is 0 Å². The second-order valence-corrected chi connectivity index (χ2v) is 6.82. The lowest BCUT2D eigenvalue weighted by atomic mass is 10.1. The van der Waals surface area contributed by atoms with Crippen LogP contribution in [0, 0.1) is 6.92 Å². The third kappa shape index (κ3) is 4.82. The zero-order chi connectivity index (χ0) is 17.7. The zero-order valence-corrected chi connectivity index (χ0v) is 13.6. The lowest BCUT2D eigenvalue weighted by Crippen LogP contribution is -2.34. The van der Waals surface area contributed by atoms with Crippen molar-refractivity contribution in [3.63, 3.8) is 0 Å². The Morgan fingerprint density at radius 1 is 1.00 bits per heavy atom. The fourth-order valence-electron chi connectivity index (χ4n) is 1.94. The summed E-state index contributed by atoms with van der Waals surface area (Å²) in [5.41, 5.74) is 1.82. The van der Waals surface area contributed by atoms with Gasteiger partial charge in [-0.15, -0.1) is 0 Å². The molecule has 24 heavy (non-hydrogen) atoms. The van der Waals surface area contributed by atoms with Gasteiger partial charge >= 0.3 is 12.0 Å². The van der Waals surface area contributed by atoms with Gasteiger partial charge in [0.25, 0.3) is 10.0 Å². The molecule has 0 saturated heterocycles. The third-order valence-corrected chi connectivity index (χ3v) is 4.47. The summed E-state index contributed by atoms with van der Waals surface area (Å²) in [6.45, 7) is 1.82. The normalized spacial score (nSPS) is 10.9. The Hall–Kier alpha value is -2.87. The Bertz CT molecular complexity index is 843. The van der Waals surface area contributed by atoms with E-state index in [0.717, 1.165) is 5.56 Å². The van der Waals surface area contributed by atoms with E-state index in [-0.39, 0.29) is 11.3 Å². The lowest BCUT2D eigenvalue weighted by molar-refractivity contribution is -0.136. The number of carbonyl (C=O) groups is 2. The zero-order valence-electron chi connectivity index (χ0n) is 12.8. The number of hydrogen-bond acceptors (Lipinski definition) is 4. The summed E-state index contributed by atoms with van der Waals surface area (Å²) in [6.07, 6.45) is -0.131. The smallest absolute Gasteiger partial charge is 0.333 e. The lowest BCUT2D eigenvalue weighted by Gasteiger charge is -2.09. The fraction of sp³-hybridized carbons (Fsp3) is 0.125. The largest absolute Gasteiger partial charge is 0.481 e. The van der Waals surface area contributed by atoms with Gasteiger partial charge in [-0.3, -0.25) is 4.79 Å². The molecule has 2 rings (SSSR count). The summed E-state index contributed by atoms with van der Waals surface area (Å²) in [6, 6.07) is 11.3. The number of anilines is 1. The Balaban J connectivity index is 2.02. The molecule has 2 aromatic rings. The predicted octanol–water partition coefficient (Wildman–Crippen LogP) is 2.13. The van der Waals surface area contributed by atoms with E-state index < -0.39 is 22.0 Å². The van der Waals surface area contributed by atoms with Crippen LogP contribution in [0.1, 0.15) is 11.1 Å². The Kier molecular flexibility index (Phi) is 5.20. The third-order valence-electron chi connectivity index (χ3n) is 3.13. The van der Waals surface area contributed by atoms with Crippen LogP contribution in [0.15, 0.2) is 53.4 Å². The average Bonchev–Trinajstić information content (AvgIpc) is 2.48. The molecule has 2 amide bonds. The van der Waals surface area contributed by atoms with Gasteiger partial charge < -0.3 is 10.4 Å². The highest BCUT2D eigenvalue weighted by atomic mass is 32.2. The number of carboxylic acids is 1. The minimum Gasteiger partial charge on any atom is -0.481 e. The van der Waals surface area contributed by atoms with Crippen molar-refractivity contribution in [3.8, 4) is 0 Å². The van der Waals surface area contributed by atoms with Gasteiger partial charge in [0.1, 0.15) is 0 Å². The molecule has 0 aromatic heterocycles. The summed E-state index contributed by atoms with van der Waals surface area (Å²) in [5, 5.41) is 11.1. The first kappa shape index (κ1) is 17.5. The highest BCUT2D eigenvalue weighted by Gasteiger charge is 2.17. The van der Waals surface area contributed by atoms with Gasteiger partial charge in [-0.25, -0.2) is 17.9 Å². The maximum Gasteiger partial charge on any atom is 0.333 e. The van der Waals surface area contributed by atoms with Crippen molar-refractivity contribution >= 4 is 27.7 Å². The van der Waals surface area contributed by atoms with Crippen molar-refractivity contribution in [2.24, 2.45) is 0 Å². The van der Waals surface area contributed by atoms with Crippen LogP contribution in [0.5, 0.6) is 0 Å². The summed E-state index contributed by atoms with van der Waals surface area (Å²) in [7, 11) is -3.96. The van der Waals surface area contributed by atoms with Gasteiger partial charge in [-0.2, -0.15) is 0 Å². The van der Waals surface area contributed by atoms with Crippen LogP contribution in [0.2, 0.25) is 0 Å². The number of aliphatic carboxylic acids is 1. The van der Waals surface area contributed by atoms with Crippen molar-refractivity contribution in [2.75, 3.05) is 5.32 Å². The molecular formula is C16H16N2O5S. The van der Waals surface area contributed by atoms with E-state index in [9.17, 15) is 18.0 Å². The Labute approximate surface area is 139 Å². The molecule has 8 heteroatoms. The van der Waals surface area contributed by atoms with Crippen molar-refractivity contribution in [1.29, 1.82) is 0 Å². The monoisotopic (exact) mass is 348 g/mol. The molecule has 0 bridgehead atoms. The predicted molar refractivity (Wildman–Crippen MR) is 88.3 cm³/mol. The molecule has 0 fully saturated rings. The van der Waals surface area contributed by atoms with Gasteiger partial charge in [-0.1, -0.05) is 29.8 Å². The van der Waals surface area contributed by atoms with E-state index in [1.807, 2.05) is 11.6 Å². The van der Waals surface area contributed by atoms with Crippen LogP contribution < -0.4 is 10.0 Å². The number of amides is 2. The Morgan fingerprint density at radius 3 is 2.12 bits per heavy atom. The molecule has 0 unspecified atom stereocenters. The SMILES string of the molecule is Cc1ccc(S(=O)(=O)NC(=O)Nc2ccc(CC(=O)O)cc2)cc1. The van der Waals surface area contributed by atoms with Gasteiger partial charge in [0, 0.05) is 5.69 Å². The number of nitrogens with one attached hydrogen (secondary N) is 2. The average molecular weight is 348 g/mol. The minimum atomic E-state index is -3.96. The number of carbonyl (C=O) groups excluding carboxylic acids is 1. The Morgan fingerprint density at radius 2 is 1.58 bits per heavy atom. The molecule has 0 spiro atoms. The van der Waals surface area contributed by atoms with Gasteiger partial charge in [0.15, 0.2) is 0 Å². The van der Waals surface area contributed by atoms with Crippen LogP contribution in [0.3, 0.4) is 0 Å². The van der Waals surface area contributed by atoms with Crippen LogP contribution in [0.4, 0.5) is 10.5 Å². The molecule has 0 radical (unpaired) electrons. The maximum atomic E-state index is 12.1. The molecule has 0 aliphatic heterocycles. The number of hydrogen-bond donors (Lipinski definition) is 3. The van der Waals surface area contributed by atoms with E-state index in [2.05, 4.69) is 5.32 Å². The fourth-order valence-corrected chi connectivity index (χ4v) is 2.84. The number of benzene rings is 2. The molecule has 3 N–H and O–H groups in total. The molecule has 0 atom stereocenters.